The van der Waals surface area contributed by atoms with Crippen LogP contribution in [0.25, 0.3) is 0 Å². The molecule has 1 amide bonds. The summed E-state index contributed by atoms with van der Waals surface area (Å²) < 4.78 is 0. The van der Waals surface area contributed by atoms with E-state index in [1.165, 1.54) is 0 Å². The Morgan fingerprint density at radius 2 is 1.93 bits per heavy atom. The van der Waals surface area contributed by atoms with Crippen LogP contribution in [0.5, 0.6) is 0 Å². The minimum atomic E-state index is -1.19. The Kier molecular flexibility index (Phi) is 5.96. The monoisotopic (exact) mass is 390 g/mol. The molecule has 132 valence electrons. The maximum atomic E-state index is 13.0. The molecule has 0 spiro atoms. The van der Waals surface area contributed by atoms with Gasteiger partial charge in [-0.15, -0.1) is 0 Å². The molecule has 0 unspecified atom stereocenters. The van der Waals surface area contributed by atoms with Crippen molar-refractivity contribution in [3.05, 3.63) is 70.8 Å². The predicted molar refractivity (Wildman–Crippen MR) is 98.1 cm³/mol. The molecule has 0 aromatic heterocycles. The maximum absolute atomic E-state index is 13.0. The number of halogens is 1. The van der Waals surface area contributed by atoms with Crippen LogP contribution in [0.4, 0.5) is 11.4 Å². The number of rotatable bonds is 3. The summed E-state index contributed by atoms with van der Waals surface area (Å²) in [6.45, 7) is 0.473. The van der Waals surface area contributed by atoms with E-state index in [0.29, 0.717) is 22.8 Å². The Balaban J connectivity index is 0.00000210. The first-order valence-electron chi connectivity index (χ1n) is 8.38. The number of carbonyl (C=O) groups is 2. The van der Waals surface area contributed by atoms with Crippen LogP contribution in [0, 0.1) is 0 Å². The predicted octanol–water partition coefficient (Wildman–Crippen LogP) is -0.665. The van der Waals surface area contributed by atoms with Crippen LogP contribution in [-0.4, -0.2) is 24.5 Å². The van der Waals surface area contributed by atoms with Crippen LogP contribution in [0.15, 0.2) is 60.2 Å². The summed E-state index contributed by atoms with van der Waals surface area (Å²) in [5.74, 6) is -1.60. The van der Waals surface area contributed by atoms with Crippen molar-refractivity contribution in [3.63, 3.8) is 0 Å². The van der Waals surface area contributed by atoms with E-state index in [1.54, 1.807) is 17.0 Å². The maximum Gasteiger partial charge on any atom is 1.00 e. The molecule has 2 atom stereocenters. The molecule has 2 heterocycles. The third-order valence-corrected chi connectivity index (χ3v) is 5.14. The summed E-state index contributed by atoms with van der Waals surface area (Å²) >= 11 is 6.05. The Hall–Kier alpha value is -1.79. The summed E-state index contributed by atoms with van der Waals surface area (Å²) in [6, 6.07) is 13.9. The number of hydrogen-bond donors (Lipinski definition) is 1. The number of aliphatic carboxylic acids is 1. The topological polar surface area (TPSA) is 72.5 Å². The molecule has 7 heteroatoms. The Morgan fingerprint density at radius 1 is 1.19 bits per heavy atom. The fourth-order valence-electron chi connectivity index (χ4n) is 3.65. The van der Waals surface area contributed by atoms with E-state index >= 15 is 0 Å². The van der Waals surface area contributed by atoms with E-state index in [1.807, 2.05) is 42.5 Å². The van der Waals surface area contributed by atoms with Crippen molar-refractivity contribution in [3.8, 4) is 0 Å². The summed E-state index contributed by atoms with van der Waals surface area (Å²) in [4.78, 5) is 26.2. The number of nitrogens with one attached hydrogen (secondary N) is 1. The zero-order chi connectivity index (χ0) is 18.3. The average molecular weight is 391 g/mol. The number of fused-ring (bicyclic) bond motifs is 1. The molecule has 0 saturated carbocycles. The largest absolute Gasteiger partial charge is 1.00 e. The first-order chi connectivity index (χ1) is 12.5. The Morgan fingerprint density at radius 3 is 2.63 bits per heavy atom. The van der Waals surface area contributed by atoms with E-state index < -0.39 is 12.0 Å². The van der Waals surface area contributed by atoms with Crippen molar-refractivity contribution in [1.82, 2.24) is 0 Å². The third-order valence-electron chi connectivity index (χ3n) is 4.91. The van der Waals surface area contributed by atoms with E-state index in [-0.39, 0.29) is 47.8 Å². The van der Waals surface area contributed by atoms with Gasteiger partial charge in [-0.1, -0.05) is 41.9 Å². The molecule has 2 aliphatic rings. The quantitative estimate of drug-likeness (QED) is 0.706. The Labute approximate surface area is 184 Å². The smallest absolute Gasteiger partial charge is 0.548 e. The zero-order valence-electron chi connectivity index (χ0n) is 14.8. The fourth-order valence-corrected chi connectivity index (χ4v) is 3.83. The van der Waals surface area contributed by atoms with Crippen molar-refractivity contribution >= 4 is 34.9 Å². The molecule has 2 aromatic carbocycles. The van der Waals surface area contributed by atoms with Gasteiger partial charge in [0.2, 0.25) is 0 Å². The molecule has 0 radical (unpaired) electrons. The number of carboxylic acid groups (broad SMARTS) is 1. The van der Waals surface area contributed by atoms with E-state index in [0.717, 1.165) is 11.3 Å². The van der Waals surface area contributed by atoms with E-state index in [4.69, 9.17) is 11.6 Å². The number of hydrogen-bond acceptors (Lipinski definition) is 4. The first kappa shape index (κ1) is 20.0. The number of nitrogens with zero attached hydrogens (tertiary/aromatic N) is 1. The number of anilines is 2. The normalized spacial score (nSPS) is 21.0. The molecule has 0 aliphatic carbocycles. The SMILES string of the molecule is O=C([O-])[C@H]1C[C@H](C2=CCN(c3ccccc3)C2=O)c2ccc(Cl)cc2N1.[Na+]. The summed E-state index contributed by atoms with van der Waals surface area (Å²) in [6.07, 6.45) is 2.15. The van der Waals surface area contributed by atoms with Gasteiger partial charge in [0.25, 0.3) is 5.91 Å². The number of benzene rings is 2. The van der Waals surface area contributed by atoms with Gasteiger partial charge in [0.15, 0.2) is 0 Å². The van der Waals surface area contributed by atoms with Gasteiger partial charge in [-0.3, -0.25) is 4.79 Å². The van der Waals surface area contributed by atoms with Gasteiger partial charge in [-0.25, -0.2) is 0 Å². The van der Waals surface area contributed by atoms with Crippen molar-refractivity contribution in [2.45, 2.75) is 18.4 Å². The number of amides is 1. The fraction of sp³-hybridized carbons (Fsp3) is 0.200. The minimum absolute atomic E-state index is 0. The molecular weight excluding hydrogens is 375 g/mol. The molecule has 0 saturated heterocycles. The molecule has 2 aromatic rings. The molecule has 27 heavy (non-hydrogen) atoms. The minimum Gasteiger partial charge on any atom is -0.548 e. The van der Waals surface area contributed by atoms with Crippen molar-refractivity contribution in [2.24, 2.45) is 0 Å². The van der Waals surface area contributed by atoms with Crippen LogP contribution in [0.2, 0.25) is 5.02 Å². The van der Waals surface area contributed by atoms with Gasteiger partial charge in [0.05, 0.1) is 12.0 Å². The van der Waals surface area contributed by atoms with Crippen LogP contribution >= 0.6 is 11.6 Å². The first-order valence-corrected chi connectivity index (χ1v) is 8.76. The molecule has 2 aliphatic heterocycles. The summed E-state index contributed by atoms with van der Waals surface area (Å²) in [5.41, 5.74) is 2.95. The van der Waals surface area contributed by atoms with Gasteiger partial charge in [0, 0.05) is 34.4 Å². The average Bonchev–Trinajstić information content (AvgIpc) is 3.02. The van der Waals surface area contributed by atoms with Crippen LogP contribution in [0.1, 0.15) is 17.9 Å². The molecule has 0 bridgehead atoms. The molecule has 0 fully saturated rings. The zero-order valence-corrected chi connectivity index (χ0v) is 17.6. The van der Waals surface area contributed by atoms with Crippen LogP contribution < -0.4 is 44.9 Å². The van der Waals surface area contributed by atoms with E-state index in [2.05, 4.69) is 5.32 Å². The van der Waals surface area contributed by atoms with Gasteiger partial charge in [-0.2, -0.15) is 0 Å². The second kappa shape index (κ2) is 8.07. The van der Waals surface area contributed by atoms with Gasteiger partial charge in [0.1, 0.15) is 0 Å². The van der Waals surface area contributed by atoms with Crippen molar-refractivity contribution < 1.29 is 44.3 Å². The number of carbonyl (C=O) groups excluding carboxylic acids is 2. The van der Waals surface area contributed by atoms with Gasteiger partial charge < -0.3 is 20.1 Å². The molecular formula is C20H16ClN2NaO3. The molecule has 4 rings (SSSR count). The standard InChI is InChI=1S/C20H17ClN2O3.Na/c21-12-6-7-14-16(11-18(20(25)26)22-17(14)10-12)15-8-9-23(19(15)24)13-4-2-1-3-5-13;/h1-8,10,16,18,22H,9,11H2,(H,25,26);/q;+1/p-1/t16-,18+;/m0./s1. The van der Waals surface area contributed by atoms with Crippen LogP contribution in [-0.2, 0) is 9.59 Å². The van der Waals surface area contributed by atoms with Crippen molar-refractivity contribution in [2.75, 3.05) is 16.8 Å². The number of para-hydroxylation sites is 1. The second-order valence-electron chi connectivity index (χ2n) is 6.45. The summed E-state index contributed by atoms with van der Waals surface area (Å²) in [5, 5.41) is 14.9. The van der Waals surface area contributed by atoms with Crippen LogP contribution in [0.3, 0.4) is 0 Å². The van der Waals surface area contributed by atoms with Gasteiger partial charge in [-0.05, 0) is 36.2 Å². The summed E-state index contributed by atoms with van der Waals surface area (Å²) in [7, 11) is 0. The molecule has 5 nitrogen and oxygen atoms in total. The number of carboxylic acids is 1. The van der Waals surface area contributed by atoms with Crippen molar-refractivity contribution in [1.29, 1.82) is 0 Å². The second-order valence-corrected chi connectivity index (χ2v) is 6.88. The third kappa shape index (κ3) is 3.78. The Bertz CT molecular complexity index is 917. The van der Waals surface area contributed by atoms with Gasteiger partial charge >= 0.3 is 29.6 Å². The molecule has 1 N–H and O–H groups in total. The van der Waals surface area contributed by atoms with E-state index in [9.17, 15) is 14.7 Å².